The minimum Gasteiger partial charge on any atom is -0.374 e. The average molecular weight is 252 g/mol. The lowest BCUT2D eigenvalue weighted by Gasteiger charge is -2.25. The summed E-state index contributed by atoms with van der Waals surface area (Å²) in [5.74, 6) is -0.121. The Labute approximate surface area is 110 Å². The number of hydrogen-bond acceptors (Lipinski definition) is 2. The molecule has 18 heavy (non-hydrogen) atoms. The van der Waals surface area contributed by atoms with Crippen molar-refractivity contribution in [3.05, 3.63) is 29.6 Å². The summed E-state index contributed by atoms with van der Waals surface area (Å²) in [6.45, 7) is 8.03. The normalized spacial score (nSPS) is 12.5. The van der Waals surface area contributed by atoms with E-state index in [1.54, 1.807) is 12.1 Å². The first-order valence-electron chi connectivity index (χ1n) is 6.84. The van der Waals surface area contributed by atoms with Crippen LogP contribution in [-0.4, -0.2) is 20.1 Å². The van der Waals surface area contributed by atoms with Crippen LogP contribution in [0.1, 0.15) is 45.2 Å². The summed E-state index contributed by atoms with van der Waals surface area (Å²) >= 11 is 0. The highest BCUT2D eigenvalue weighted by atomic mass is 19.1. The molecule has 0 amide bonds. The van der Waals surface area contributed by atoms with Crippen molar-refractivity contribution >= 4 is 5.69 Å². The SMILES string of the molecule is CCCCN(C)c1cccc(F)c1C(C)NCC. The molecular formula is C15H25FN2. The van der Waals surface area contributed by atoms with E-state index in [0.717, 1.165) is 37.2 Å². The number of benzene rings is 1. The third kappa shape index (κ3) is 3.70. The first kappa shape index (κ1) is 15.0. The summed E-state index contributed by atoms with van der Waals surface area (Å²) in [6.07, 6.45) is 2.28. The summed E-state index contributed by atoms with van der Waals surface area (Å²) < 4.78 is 14.0. The van der Waals surface area contributed by atoms with Gasteiger partial charge in [-0.05, 0) is 32.0 Å². The number of halogens is 1. The van der Waals surface area contributed by atoms with Crippen molar-refractivity contribution in [2.75, 3.05) is 25.0 Å². The van der Waals surface area contributed by atoms with Gasteiger partial charge in [-0.25, -0.2) is 4.39 Å². The quantitative estimate of drug-likeness (QED) is 0.795. The molecule has 0 bridgehead atoms. The van der Waals surface area contributed by atoms with Crippen LogP contribution in [-0.2, 0) is 0 Å². The fraction of sp³-hybridized carbons (Fsp3) is 0.600. The maximum atomic E-state index is 14.0. The van der Waals surface area contributed by atoms with Crippen LogP contribution in [0, 0.1) is 5.82 Å². The number of nitrogens with zero attached hydrogens (tertiary/aromatic N) is 1. The predicted molar refractivity (Wildman–Crippen MR) is 76.7 cm³/mol. The third-order valence-corrected chi connectivity index (χ3v) is 3.23. The lowest BCUT2D eigenvalue weighted by Crippen LogP contribution is -2.25. The Balaban J connectivity index is 2.99. The largest absolute Gasteiger partial charge is 0.374 e. The molecule has 0 fully saturated rings. The van der Waals surface area contributed by atoms with Gasteiger partial charge in [0.25, 0.3) is 0 Å². The lowest BCUT2D eigenvalue weighted by atomic mass is 10.0. The standard InChI is InChI=1S/C15H25FN2/c1-5-7-11-18(4)14-10-8-9-13(16)15(14)12(3)17-6-2/h8-10,12,17H,5-7,11H2,1-4H3. The van der Waals surface area contributed by atoms with E-state index in [1.807, 2.05) is 27.0 Å². The minimum atomic E-state index is -0.121. The van der Waals surface area contributed by atoms with E-state index in [-0.39, 0.29) is 11.9 Å². The van der Waals surface area contributed by atoms with E-state index < -0.39 is 0 Å². The van der Waals surface area contributed by atoms with Crippen LogP contribution >= 0.6 is 0 Å². The zero-order valence-electron chi connectivity index (χ0n) is 12.0. The molecular weight excluding hydrogens is 227 g/mol. The number of hydrogen-bond donors (Lipinski definition) is 1. The van der Waals surface area contributed by atoms with E-state index in [1.165, 1.54) is 0 Å². The van der Waals surface area contributed by atoms with E-state index in [2.05, 4.69) is 17.1 Å². The zero-order valence-corrected chi connectivity index (χ0v) is 12.0. The minimum absolute atomic E-state index is 0.0373. The van der Waals surface area contributed by atoms with E-state index in [4.69, 9.17) is 0 Å². The summed E-state index contributed by atoms with van der Waals surface area (Å²) in [6, 6.07) is 5.37. The van der Waals surface area contributed by atoms with Crippen molar-refractivity contribution in [1.29, 1.82) is 0 Å². The molecule has 1 atom stereocenters. The highest BCUT2D eigenvalue weighted by molar-refractivity contribution is 5.55. The molecule has 0 radical (unpaired) electrons. The Morgan fingerprint density at radius 1 is 1.33 bits per heavy atom. The molecule has 1 aromatic rings. The number of unbranched alkanes of at least 4 members (excludes halogenated alkanes) is 1. The fourth-order valence-corrected chi connectivity index (χ4v) is 2.21. The van der Waals surface area contributed by atoms with Crippen LogP contribution in [0.15, 0.2) is 18.2 Å². The molecule has 1 N–H and O–H groups in total. The highest BCUT2D eigenvalue weighted by Gasteiger charge is 2.16. The van der Waals surface area contributed by atoms with E-state index in [0.29, 0.717) is 0 Å². The zero-order chi connectivity index (χ0) is 13.5. The third-order valence-electron chi connectivity index (χ3n) is 3.23. The first-order valence-corrected chi connectivity index (χ1v) is 6.84. The van der Waals surface area contributed by atoms with Gasteiger partial charge < -0.3 is 10.2 Å². The van der Waals surface area contributed by atoms with Crippen molar-refractivity contribution < 1.29 is 4.39 Å². The summed E-state index contributed by atoms with van der Waals surface area (Å²) in [4.78, 5) is 2.15. The van der Waals surface area contributed by atoms with Gasteiger partial charge >= 0.3 is 0 Å². The molecule has 1 rings (SSSR count). The Morgan fingerprint density at radius 3 is 2.67 bits per heavy atom. The van der Waals surface area contributed by atoms with Gasteiger partial charge in [0, 0.05) is 30.9 Å². The van der Waals surface area contributed by atoms with Gasteiger partial charge in [-0.3, -0.25) is 0 Å². The molecule has 2 nitrogen and oxygen atoms in total. The second-order valence-electron chi connectivity index (χ2n) is 4.73. The summed E-state index contributed by atoms with van der Waals surface area (Å²) in [5, 5.41) is 3.29. The van der Waals surface area contributed by atoms with Crippen LogP contribution < -0.4 is 10.2 Å². The Bertz CT molecular complexity index is 366. The van der Waals surface area contributed by atoms with Crippen molar-refractivity contribution in [3.8, 4) is 0 Å². The number of anilines is 1. The topological polar surface area (TPSA) is 15.3 Å². The number of nitrogens with one attached hydrogen (secondary N) is 1. The Kier molecular flexibility index (Phi) is 6.13. The second kappa shape index (κ2) is 7.37. The molecule has 0 aliphatic carbocycles. The molecule has 0 saturated heterocycles. The molecule has 102 valence electrons. The van der Waals surface area contributed by atoms with Crippen LogP contribution in [0.3, 0.4) is 0 Å². The summed E-state index contributed by atoms with van der Waals surface area (Å²) in [7, 11) is 2.03. The molecule has 0 aromatic heterocycles. The maximum absolute atomic E-state index is 14.0. The van der Waals surface area contributed by atoms with Gasteiger partial charge in [-0.2, -0.15) is 0 Å². The smallest absolute Gasteiger partial charge is 0.130 e. The maximum Gasteiger partial charge on any atom is 0.130 e. The molecule has 1 aromatic carbocycles. The van der Waals surface area contributed by atoms with Gasteiger partial charge in [-0.1, -0.05) is 26.3 Å². The van der Waals surface area contributed by atoms with Crippen molar-refractivity contribution in [2.45, 2.75) is 39.7 Å². The predicted octanol–water partition coefficient (Wildman–Crippen LogP) is 3.73. The van der Waals surface area contributed by atoms with Crippen molar-refractivity contribution in [3.63, 3.8) is 0 Å². The van der Waals surface area contributed by atoms with Gasteiger partial charge in [0.1, 0.15) is 5.82 Å². The van der Waals surface area contributed by atoms with Crippen LogP contribution in [0.5, 0.6) is 0 Å². The molecule has 1 unspecified atom stereocenters. The van der Waals surface area contributed by atoms with Crippen LogP contribution in [0.2, 0.25) is 0 Å². The average Bonchev–Trinajstić information content (AvgIpc) is 2.35. The molecule has 3 heteroatoms. The van der Waals surface area contributed by atoms with Crippen LogP contribution in [0.25, 0.3) is 0 Å². The summed E-state index contributed by atoms with van der Waals surface area (Å²) in [5.41, 5.74) is 1.77. The Morgan fingerprint density at radius 2 is 2.06 bits per heavy atom. The first-order chi connectivity index (χ1) is 8.61. The molecule has 0 aliphatic heterocycles. The van der Waals surface area contributed by atoms with Gasteiger partial charge in [0.05, 0.1) is 0 Å². The fourth-order valence-electron chi connectivity index (χ4n) is 2.21. The number of rotatable bonds is 7. The molecule has 0 saturated carbocycles. The van der Waals surface area contributed by atoms with Crippen molar-refractivity contribution in [1.82, 2.24) is 5.32 Å². The molecule has 0 spiro atoms. The Hall–Kier alpha value is -1.09. The monoisotopic (exact) mass is 252 g/mol. The van der Waals surface area contributed by atoms with Gasteiger partial charge in [0.15, 0.2) is 0 Å². The van der Waals surface area contributed by atoms with E-state index in [9.17, 15) is 4.39 Å². The molecule has 0 aliphatic rings. The van der Waals surface area contributed by atoms with E-state index >= 15 is 0 Å². The van der Waals surface area contributed by atoms with Crippen molar-refractivity contribution in [2.24, 2.45) is 0 Å². The highest BCUT2D eigenvalue weighted by Crippen LogP contribution is 2.28. The van der Waals surface area contributed by atoms with Crippen LogP contribution in [0.4, 0.5) is 10.1 Å². The molecule has 0 heterocycles. The second-order valence-corrected chi connectivity index (χ2v) is 4.73. The van der Waals surface area contributed by atoms with Gasteiger partial charge in [-0.15, -0.1) is 0 Å². The van der Waals surface area contributed by atoms with Gasteiger partial charge in [0.2, 0.25) is 0 Å². The lowest BCUT2D eigenvalue weighted by molar-refractivity contribution is 0.539.